The van der Waals surface area contributed by atoms with E-state index < -0.39 is 0 Å². The lowest BCUT2D eigenvalue weighted by Gasteiger charge is -2.45. The van der Waals surface area contributed by atoms with Crippen LogP contribution in [0.15, 0.2) is 0 Å². The monoisotopic (exact) mass is 213 g/mol. The van der Waals surface area contributed by atoms with Gasteiger partial charge in [0.25, 0.3) is 0 Å². The van der Waals surface area contributed by atoms with Gasteiger partial charge in [0.1, 0.15) is 0 Å². The Morgan fingerprint density at radius 2 is 2.07 bits per heavy atom. The van der Waals surface area contributed by atoms with Gasteiger partial charge < -0.3 is 10.0 Å². The molecule has 1 aliphatic rings. The van der Waals surface area contributed by atoms with E-state index in [9.17, 15) is 0 Å². The Kier molecular flexibility index (Phi) is 5.62. The van der Waals surface area contributed by atoms with Gasteiger partial charge in [-0.05, 0) is 51.1 Å². The van der Waals surface area contributed by atoms with E-state index in [0.29, 0.717) is 6.61 Å². The molecule has 1 aliphatic carbocycles. The summed E-state index contributed by atoms with van der Waals surface area (Å²) in [6, 6.07) is 0.818. The number of rotatable bonds is 7. The molecule has 1 saturated carbocycles. The maximum Gasteiger partial charge on any atom is 0.0431 e. The number of hydrogen-bond acceptors (Lipinski definition) is 2. The highest BCUT2D eigenvalue weighted by atomic mass is 16.2. The fraction of sp³-hybridized carbons (Fsp3) is 1.00. The zero-order valence-electron chi connectivity index (χ0n) is 10.6. The highest BCUT2D eigenvalue weighted by Gasteiger charge is 2.36. The molecular formula is C13H27NO. The quantitative estimate of drug-likeness (QED) is 0.657. The molecule has 3 unspecified atom stereocenters. The number of hydrogen-bond donors (Lipinski definition) is 1. The van der Waals surface area contributed by atoms with Crippen molar-refractivity contribution in [1.82, 2.24) is 4.90 Å². The van der Waals surface area contributed by atoms with Gasteiger partial charge in [0.2, 0.25) is 0 Å². The molecular weight excluding hydrogens is 186 g/mol. The number of aliphatic hydroxyl groups is 1. The summed E-state index contributed by atoms with van der Waals surface area (Å²) in [5, 5.41) is 8.75. The third-order valence-electron chi connectivity index (χ3n) is 4.15. The van der Waals surface area contributed by atoms with Crippen LogP contribution in [0.3, 0.4) is 0 Å². The molecule has 0 heterocycles. The summed E-state index contributed by atoms with van der Waals surface area (Å²) in [7, 11) is 2.25. The second-order valence-electron chi connectivity index (χ2n) is 5.11. The molecule has 0 aliphatic heterocycles. The van der Waals surface area contributed by atoms with E-state index in [2.05, 4.69) is 25.8 Å². The van der Waals surface area contributed by atoms with Gasteiger partial charge in [0.05, 0.1) is 0 Å². The van der Waals surface area contributed by atoms with Crippen molar-refractivity contribution in [3.05, 3.63) is 0 Å². The third kappa shape index (κ3) is 3.46. The molecule has 1 rings (SSSR count). The molecule has 15 heavy (non-hydrogen) atoms. The molecule has 90 valence electrons. The minimum atomic E-state index is 0.341. The van der Waals surface area contributed by atoms with Crippen LogP contribution in [0.1, 0.15) is 46.0 Å². The molecule has 0 aromatic carbocycles. The van der Waals surface area contributed by atoms with Gasteiger partial charge in [-0.25, -0.2) is 0 Å². The lowest BCUT2D eigenvalue weighted by Crippen LogP contribution is -2.47. The van der Waals surface area contributed by atoms with Crippen LogP contribution < -0.4 is 0 Å². The fourth-order valence-electron chi connectivity index (χ4n) is 2.66. The summed E-state index contributed by atoms with van der Waals surface area (Å²) >= 11 is 0. The van der Waals surface area contributed by atoms with Crippen molar-refractivity contribution in [3.8, 4) is 0 Å². The van der Waals surface area contributed by atoms with Crippen LogP contribution in [-0.4, -0.2) is 36.2 Å². The van der Waals surface area contributed by atoms with E-state index in [1.165, 1.54) is 19.3 Å². The zero-order chi connectivity index (χ0) is 11.3. The molecule has 2 heteroatoms. The van der Waals surface area contributed by atoms with Crippen LogP contribution in [0.5, 0.6) is 0 Å². The molecule has 0 spiro atoms. The lowest BCUT2D eigenvalue weighted by molar-refractivity contribution is 0.0456. The molecule has 0 aromatic heterocycles. The molecule has 0 saturated heterocycles. The third-order valence-corrected chi connectivity index (χ3v) is 4.15. The summed E-state index contributed by atoms with van der Waals surface area (Å²) in [6.45, 7) is 6.18. The Hall–Kier alpha value is -0.0800. The second kappa shape index (κ2) is 6.49. The molecule has 0 amide bonds. The highest BCUT2D eigenvalue weighted by Crippen LogP contribution is 2.38. The minimum Gasteiger partial charge on any atom is -0.396 e. The Morgan fingerprint density at radius 3 is 2.53 bits per heavy atom. The Balaban J connectivity index is 2.24. The van der Waals surface area contributed by atoms with Crippen LogP contribution in [0.25, 0.3) is 0 Å². The van der Waals surface area contributed by atoms with Crippen LogP contribution in [-0.2, 0) is 0 Å². The summed E-state index contributed by atoms with van der Waals surface area (Å²) in [4.78, 5) is 2.51. The molecule has 3 atom stereocenters. The second-order valence-corrected chi connectivity index (χ2v) is 5.11. The summed E-state index contributed by atoms with van der Waals surface area (Å²) in [6.07, 6.45) is 6.20. The number of nitrogens with zero attached hydrogens (tertiary/aromatic N) is 1. The highest BCUT2D eigenvalue weighted by molar-refractivity contribution is 4.90. The van der Waals surface area contributed by atoms with Gasteiger partial charge >= 0.3 is 0 Å². The van der Waals surface area contributed by atoms with Crippen molar-refractivity contribution in [1.29, 1.82) is 0 Å². The summed E-state index contributed by atoms with van der Waals surface area (Å²) in [5.41, 5.74) is 0. The van der Waals surface area contributed by atoms with Crippen LogP contribution in [0.2, 0.25) is 0 Å². The zero-order valence-corrected chi connectivity index (χ0v) is 10.6. The van der Waals surface area contributed by atoms with Gasteiger partial charge in [0, 0.05) is 12.6 Å². The van der Waals surface area contributed by atoms with E-state index in [1.54, 1.807) is 0 Å². The SMILES string of the molecule is CCC(C)C1CCC1N(C)CCCCO. The Labute approximate surface area is 94.7 Å². The maximum absolute atomic E-state index is 8.75. The van der Waals surface area contributed by atoms with Crippen molar-refractivity contribution in [2.75, 3.05) is 20.2 Å². The van der Waals surface area contributed by atoms with E-state index in [1.807, 2.05) is 0 Å². The van der Waals surface area contributed by atoms with Gasteiger partial charge in [-0.15, -0.1) is 0 Å². The van der Waals surface area contributed by atoms with Crippen LogP contribution >= 0.6 is 0 Å². The molecule has 0 radical (unpaired) electrons. The molecule has 1 fully saturated rings. The van der Waals surface area contributed by atoms with E-state index in [0.717, 1.165) is 37.3 Å². The fourth-order valence-corrected chi connectivity index (χ4v) is 2.66. The minimum absolute atomic E-state index is 0.341. The van der Waals surface area contributed by atoms with Crippen LogP contribution in [0.4, 0.5) is 0 Å². The first-order valence-corrected chi connectivity index (χ1v) is 6.51. The number of unbranched alkanes of at least 4 members (excludes halogenated alkanes) is 1. The predicted molar refractivity (Wildman–Crippen MR) is 64.9 cm³/mol. The molecule has 1 N–H and O–H groups in total. The first kappa shape index (κ1) is 13.0. The largest absolute Gasteiger partial charge is 0.396 e. The van der Waals surface area contributed by atoms with E-state index >= 15 is 0 Å². The molecule has 0 bridgehead atoms. The van der Waals surface area contributed by atoms with E-state index in [-0.39, 0.29) is 0 Å². The smallest absolute Gasteiger partial charge is 0.0431 e. The standard InChI is InChI=1S/C13H27NO/c1-4-11(2)12-7-8-13(12)14(3)9-5-6-10-15/h11-13,15H,4-10H2,1-3H3. The van der Waals surface area contributed by atoms with Crippen molar-refractivity contribution in [3.63, 3.8) is 0 Å². The number of aliphatic hydroxyl groups excluding tert-OH is 1. The van der Waals surface area contributed by atoms with Crippen molar-refractivity contribution in [2.24, 2.45) is 11.8 Å². The Morgan fingerprint density at radius 1 is 1.33 bits per heavy atom. The Bertz CT molecular complexity index is 172. The van der Waals surface area contributed by atoms with Crippen molar-refractivity contribution >= 4 is 0 Å². The predicted octanol–water partition coefficient (Wildman–Crippen LogP) is 2.52. The molecule has 2 nitrogen and oxygen atoms in total. The van der Waals surface area contributed by atoms with Gasteiger partial charge in [-0.1, -0.05) is 20.3 Å². The first-order chi connectivity index (χ1) is 7.20. The summed E-state index contributed by atoms with van der Waals surface area (Å²) in [5.74, 6) is 1.80. The average Bonchev–Trinajstić information content (AvgIpc) is 2.16. The maximum atomic E-state index is 8.75. The van der Waals surface area contributed by atoms with Crippen molar-refractivity contribution < 1.29 is 5.11 Å². The van der Waals surface area contributed by atoms with Gasteiger partial charge in [0.15, 0.2) is 0 Å². The summed E-state index contributed by atoms with van der Waals surface area (Å²) < 4.78 is 0. The van der Waals surface area contributed by atoms with Gasteiger partial charge in [-0.3, -0.25) is 0 Å². The normalized spacial score (nSPS) is 27.8. The lowest BCUT2D eigenvalue weighted by atomic mass is 9.70. The topological polar surface area (TPSA) is 23.5 Å². The van der Waals surface area contributed by atoms with Crippen LogP contribution in [0, 0.1) is 11.8 Å². The van der Waals surface area contributed by atoms with E-state index in [4.69, 9.17) is 5.11 Å². The average molecular weight is 213 g/mol. The molecule has 0 aromatic rings. The van der Waals surface area contributed by atoms with Gasteiger partial charge in [-0.2, -0.15) is 0 Å². The van der Waals surface area contributed by atoms with Crippen molar-refractivity contribution in [2.45, 2.75) is 52.0 Å². The first-order valence-electron chi connectivity index (χ1n) is 6.51.